The number of hydrogen-bond donors (Lipinski definition) is 1. The first-order valence-corrected chi connectivity index (χ1v) is 4.94. The molecular formula is C9H18BN. The predicted molar refractivity (Wildman–Crippen MR) is 50.3 cm³/mol. The van der Waals surface area contributed by atoms with Crippen LogP contribution >= 0.6 is 0 Å². The zero-order valence-electron chi connectivity index (χ0n) is 7.59. The SMILES string of the molecule is BC1CC2CC(C)CC2C1N. The second-order valence-electron chi connectivity index (χ2n) is 4.79. The second-order valence-corrected chi connectivity index (χ2v) is 4.79. The molecule has 1 nitrogen and oxygen atoms in total. The van der Waals surface area contributed by atoms with Crippen molar-refractivity contribution in [2.24, 2.45) is 23.5 Å². The van der Waals surface area contributed by atoms with Crippen molar-refractivity contribution in [1.29, 1.82) is 0 Å². The summed E-state index contributed by atoms with van der Waals surface area (Å²) in [6.07, 6.45) is 4.25. The van der Waals surface area contributed by atoms with Gasteiger partial charge < -0.3 is 5.73 Å². The molecule has 0 spiro atoms. The van der Waals surface area contributed by atoms with Crippen molar-refractivity contribution in [2.75, 3.05) is 0 Å². The summed E-state index contributed by atoms with van der Waals surface area (Å²) < 4.78 is 0. The molecule has 2 fully saturated rings. The van der Waals surface area contributed by atoms with Crippen LogP contribution in [-0.4, -0.2) is 13.9 Å². The maximum absolute atomic E-state index is 6.13. The van der Waals surface area contributed by atoms with Gasteiger partial charge in [-0.15, -0.1) is 0 Å². The van der Waals surface area contributed by atoms with Gasteiger partial charge in [-0.3, -0.25) is 0 Å². The molecule has 0 bridgehead atoms. The zero-order valence-corrected chi connectivity index (χ0v) is 7.59. The van der Waals surface area contributed by atoms with Crippen molar-refractivity contribution < 1.29 is 0 Å². The summed E-state index contributed by atoms with van der Waals surface area (Å²) >= 11 is 0. The first-order valence-electron chi connectivity index (χ1n) is 4.94. The molecular weight excluding hydrogens is 133 g/mol. The summed E-state index contributed by atoms with van der Waals surface area (Å²) in [5, 5.41) is 0. The first kappa shape index (κ1) is 7.66. The van der Waals surface area contributed by atoms with Crippen molar-refractivity contribution in [2.45, 2.75) is 38.0 Å². The molecule has 0 saturated heterocycles. The molecule has 0 aromatic carbocycles. The Balaban J connectivity index is 2.07. The summed E-state index contributed by atoms with van der Waals surface area (Å²) in [5.41, 5.74) is 6.13. The van der Waals surface area contributed by atoms with E-state index in [2.05, 4.69) is 14.8 Å². The van der Waals surface area contributed by atoms with Gasteiger partial charge in [-0.2, -0.15) is 0 Å². The fourth-order valence-electron chi connectivity index (χ4n) is 3.24. The molecule has 0 aromatic rings. The van der Waals surface area contributed by atoms with Crippen molar-refractivity contribution in [1.82, 2.24) is 0 Å². The third-order valence-corrected chi connectivity index (χ3v) is 3.81. The molecule has 0 aromatic heterocycles. The Labute approximate surface area is 70.1 Å². The van der Waals surface area contributed by atoms with Crippen LogP contribution in [0.15, 0.2) is 0 Å². The molecule has 2 aliphatic rings. The number of nitrogens with two attached hydrogens (primary N) is 1. The first-order chi connectivity index (χ1) is 5.18. The standard InChI is InChI=1S/C9H18BN/c1-5-2-6-4-8(10)9(11)7(6)3-5/h5-9H,2-4,10-11H2,1H3. The van der Waals surface area contributed by atoms with Gasteiger partial charge in [-0.25, -0.2) is 0 Å². The van der Waals surface area contributed by atoms with E-state index >= 15 is 0 Å². The highest BCUT2D eigenvalue weighted by atomic mass is 14.7. The monoisotopic (exact) mass is 151 g/mol. The average Bonchev–Trinajstić information content (AvgIpc) is 2.37. The van der Waals surface area contributed by atoms with Crippen LogP contribution in [0.5, 0.6) is 0 Å². The van der Waals surface area contributed by atoms with Gasteiger partial charge >= 0.3 is 0 Å². The molecule has 5 unspecified atom stereocenters. The lowest BCUT2D eigenvalue weighted by Gasteiger charge is -2.16. The summed E-state index contributed by atoms with van der Waals surface area (Å²) in [4.78, 5) is 0. The van der Waals surface area contributed by atoms with Gasteiger partial charge in [0.15, 0.2) is 0 Å². The molecule has 11 heavy (non-hydrogen) atoms. The van der Waals surface area contributed by atoms with Gasteiger partial charge in [-0.05, 0) is 30.6 Å². The number of hydrogen-bond acceptors (Lipinski definition) is 1. The van der Waals surface area contributed by atoms with Crippen LogP contribution in [0, 0.1) is 17.8 Å². The third kappa shape index (κ3) is 1.12. The van der Waals surface area contributed by atoms with Crippen LogP contribution in [0.2, 0.25) is 5.82 Å². The van der Waals surface area contributed by atoms with E-state index < -0.39 is 0 Å². The van der Waals surface area contributed by atoms with Crippen LogP contribution < -0.4 is 5.73 Å². The van der Waals surface area contributed by atoms with Gasteiger partial charge in [0.05, 0.1) is 0 Å². The van der Waals surface area contributed by atoms with Gasteiger partial charge in [0, 0.05) is 6.04 Å². The van der Waals surface area contributed by atoms with E-state index in [1.54, 1.807) is 0 Å². The van der Waals surface area contributed by atoms with Crippen LogP contribution in [0.1, 0.15) is 26.2 Å². The minimum Gasteiger partial charge on any atom is -0.328 e. The summed E-state index contributed by atoms with van der Waals surface area (Å²) in [6, 6.07) is 0.518. The van der Waals surface area contributed by atoms with Gasteiger partial charge in [0.2, 0.25) is 0 Å². The Morgan fingerprint density at radius 1 is 1.27 bits per heavy atom. The molecule has 2 N–H and O–H groups in total. The summed E-state index contributed by atoms with van der Waals surface area (Å²) in [5.74, 6) is 3.59. The molecule has 2 heteroatoms. The maximum atomic E-state index is 6.13. The number of rotatable bonds is 0. The molecule has 2 aliphatic carbocycles. The minimum absolute atomic E-state index is 0.518. The average molecular weight is 151 g/mol. The molecule has 0 aliphatic heterocycles. The van der Waals surface area contributed by atoms with Crippen molar-refractivity contribution in [3.63, 3.8) is 0 Å². The Hall–Kier alpha value is 0.0249. The molecule has 5 atom stereocenters. The van der Waals surface area contributed by atoms with Crippen LogP contribution in [0.25, 0.3) is 0 Å². The fraction of sp³-hybridized carbons (Fsp3) is 1.00. The lowest BCUT2D eigenvalue weighted by Crippen LogP contribution is -2.28. The fourth-order valence-corrected chi connectivity index (χ4v) is 3.24. The number of fused-ring (bicyclic) bond motifs is 1. The topological polar surface area (TPSA) is 26.0 Å². The van der Waals surface area contributed by atoms with Gasteiger partial charge in [-0.1, -0.05) is 19.2 Å². The lowest BCUT2D eigenvalue weighted by molar-refractivity contribution is 0.419. The zero-order chi connectivity index (χ0) is 8.01. The van der Waals surface area contributed by atoms with E-state index in [0.717, 1.165) is 23.6 Å². The Morgan fingerprint density at radius 2 is 2.00 bits per heavy atom. The normalized spacial score (nSPS) is 56.4. The second kappa shape index (κ2) is 2.51. The Bertz CT molecular complexity index is 160. The van der Waals surface area contributed by atoms with Crippen molar-refractivity contribution in [3.8, 4) is 0 Å². The quantitative estimate of drug-likeness (QED) is 0.509. The molecule has 2 saturated carbocycles. The minimum atomic E-state index is 0.518. The Morgan fingerprint density at radius 3 is 2.64 bits per heavy atom. The highest BCUT2D eigenvalue weighted by Gasteiger charge is 2.43. The highest BCUT2D eigenvalue weighted by molar-refractivity contribution is 6.12. The predicted octanol–water partition coefficient (Wildman–Crippen LogP) is 0.801. The summed E-state index contributed by atoms with van der Waals surface area (Å²) in [7, 11) is 2.31. The highest BCUT2D eigenvalue weighted by Crippen LogP contribution is 2.49. The maximum Gasteiger partial charge on any atom is 0.107 e. The van der Waals surface area contributed by atoms with Crippen LogP contribution in [0.3, 0.4) is 0 Å². The van der Waals surface area contributed by atoms with Crippen molar-refractivity contribution >= 4 is 7.85 Å². The largest absolute Gasteiger partial charge is 0.328 e. The summed E-state index contributed by atoms with van der Waals surface area (Å²) in [6.45, 7) is 2.37. The van der Waals surface area contributed by atoms with E-state index in [1.807, 2.05) is 0 Å². The van der Waals surface area contributed by atoms with E-state index in [1.165, 1.54) is 19.3 Å². The van der Waals surface area contributed by atoms with Gasteiger partial charge in [0.25, 0.3) is 0 Å². The lowest BCUT2D eigenvalue weighted by atomic mass is 9.80. The van der Waals surface area contributed by atoms with E-state index in [9.17, 15) is 0 Å². The smallest absolute Gasteiger partial charge is 0.107 e. The molecule has 2 rings (SSSR count). The molecule has 0 amide bonds. The van der Waals surface area contributed by atoms with E-state index in [4.69, 9.17) is 5.73 Å². The van der Waals surface area contributed by atoms with E-state index in [-0.39, 0.29) is 0 Å². The van der Waals surface area contributed by atoms with Crippen LogP contribution in [-0.2, 0) is 0 Å². The van der Waals surface area contributed by atoms with Crippen molar-refractivity contribution in [3.05, 3.63) is 0 Å². The van der Waals surface area contributed by atoms with Crippen LogP contribution in [0.4, 0.5) is 0 Å². The Kier molecular flexibility index (Phi) is 1.75. The third-order valence-electron chi connectivity index (χ3n) is 3.81. The molecule has 62 valence electrons. The van der Waals surface area contributed by atoms with E-state index in [0.29, 0.717) is 6.04 Å². The molecule has 0 radical (unpaired) electrons. The molecule has 0 heterocycles. The van der Waals surface area contributed by atoms with Gasteiger partial charge in [0.1, 0.15) is 7.85 Å².